The molecule has 1 aliphatic heterocycles. The Morgan fingerprint density at radius 1 is 1.11 bits per heavy atom. The van der Waals surface area contributed by atoms with Crippen LogP contribution in [-0.2, 0) is 4.74 Å². The summed E-state index contributed by atoms with van der Waals surface area (Å²) in [5.41, 5.74) is 1.50. The number of nitrogens with one attached hydrogen (secondary N) is 1. The summed E-state index contributed by atoms with van der Waals surface area (Å²) in [5.74, 6) is 1.65. The molecule has 2 atom stereocenters. The Hall–Kier alpha value is -0.860. The van der Waals surface area contributed by atoms with Crippen LogP contribution in [0, 0.1) is 5.92 Å². The van der Waals surface area contributed by atoms with E-state index in [4.69, 9.17) is 4.74 Å². The van der Waals surface area contributed by atoms with Crippen molar-refractivity contribution >= 4 is 0 Å². The second kappa shape index (κ2) is 5.85. The van der Waals surface area contributed by atoms with Gasteiger partial charge in [0.25, 0.3) is 0 Å². The summed E-state index contributed by atoms with van der Waals surface area (Å²) in [6.45, 7) is 3.13. The van der Waals surface area contributed by atoms with Gasteiger partial charge in [0, 0.05) is 25.2 Å². The Bertz CT molecular complexity index is 359. The summed E-state index contributed by atoms with van der Waals surface area (Å²) in [4.78, 5) is 0. The van der Waals surface area contributed by atoms with Crippen LogP contribution in [0.1, 0.15) is 37.2 Å². The van der Waals surface area contributed by atoms with Crippen LogP contribution in [0.15, 0.2) is 30.3 Å². The van der Waals surface area contributed by atoms with Gasteiger partial charge in [0.15, 0.2) is 0 Å². The largest absolute Gasteiger partial charge is 0.381 e. The first-order valence-corrected chi connectivity index (χ1v) is 7.29. The quantitative estimate of drug-likeness (QED) is 0.861. The van der Waals surface area contributed by atoms with E-state index in [1.165, 1.54) is 37.8 Å². The number of ether oxygens (including phenoxy) is 1. The van der Waals surface area contributed by atoms with Crippen LogP contribution >= 0.6 is 0 Å². The molecule has 1 saturated carbocycles. The molecular formula is C16H23NO. The van der Waals surface area contributed by atoms with Crippen LogP contribution in [0.4, 0.5) is 0 Å². The van der Waals surface area contributed by atoms with Crippen LogP contribution in [-0.4, -0.2) is 25.8 Å². The van der Waals surface area contributed by atoms with E-state index >= 15 is 0 Å². The van der Waals surface area contributed by atoms with Gasteiger partial charge in [-0.1, -0.05) is 30.3 Å². The minimum Gasteiger partial charge on any atom is -0.381 e. The normalized spacial score (nSPS) is 28.2. The first kappa shape index (κ1) is 12.2. The van der Waals surface area contributed by atoms with Gasteiger partial charge in [-0.25, -0.2) is 0 Å². The second-order valence-electron chi connectivity index (χ2n) is 5.66. The maximum Gasteiger partial charge on any atom is 0.0468 e. The predicted molar refractivity (Wildman–Crippen MR) is 73.8 cm³/mol. The van der Waals surface area contributed by atoms with Crippen molar-refractivity contribution in [1.29, 1.82) is 0 Å². The van der Waals surface area contributed by atoms with Crippen molar-refractivity contribution in [2.45, 2.75) is 37.6 Å². The third-order valence-electron chi connectivity index (χ3n) is 4.32. The number of rotatable bonds is 5. The van der Waals surface area contributed by atoms with E-state index in [-0.39, 0.29) is 0 Å². The molecule has 0 bridgehead atoms. The minimum absolute atomic E-state index is 0.729. The highest BCUT2D eigenvalue weighted by Gasteiger charge is 2.37. The maximum atomic E-state index is 5.39. The highest BCUT2D eigenvalue weighted by molar-refractivity contribution is 5.27. The smallest absolute Gasteiger partial charge is 0.0468 e. The lowest BCUT2D eigenvalue weighted by atomic mass is 9.97. The van der Waals surface area contributed by atoms with Crippen molar-refractivity contribution in [3.8, 4) is 0 Å². The van der Waals surface area contributed by atoms with Gasteiger partial charge < -0.3 is 10.1 Å². The molecule has 0 spiro atoms. The van der Waals surface area contributed by atoms with Gasteiger partial charge in [-0.2, -0.15) is 0 Å². The summed E-state index contributed by atoms with van der Waals surface area (Å²) in [7, 11) is 0. The van der Waals surface area contributed by atoms with E-state index in [0.29, 0.717) is 0 Å². The molecular weight excluding hydrogens is 222 g/mol. The lowest BCUT2D eigenvalue weighted by Gasteiger charge is -2.21. The fourth-order valence-corrected chi connectivity index (χ4v) is 3.00. The predicted octanol–water partition coefficient (Wildman–Crippen LogP) is 2.95. The molecule has 1 aromatic carbocycles. The molecule has 3 rings (SSSR count). The van der Waals surface area contributed by atoms with Gasteiger partial charge in [0.05, 0.1) is 0 Å². The van der Waals surface area contributed by atoms with E-state index < -0.39 is 0 Å². The molecule has 2 fully saturated rings. The van der Waals surface area contributed by atoms with Gasteiger partial charge in [0.2, 0.25) is 0 Å². The molecule has 2 aliphatic rings. The standard InChI is InChI=1S/C16H23NO/c1-2-4-14(5-3-1)15-12-16(15)17-9-6-13-7-10-18-11-8-13/h1-5,13,15-17H,6-12H2/t15-,16+/m0/s1. The third-order valence-corrected chi connectivity index (χ3v) is 4.32. The van der Waals surface area contributed by atoms with Crippen molar-refractivity contribution < 1.29 is 4.74 Å². The zero-order valence-corrected chi connectivity index (χ0v) is 11.0. The van der Waals surface area contributed by atoms with Crippen molar-refractivity contribution in [3.63, 3.8) is 0 Å². The molecule has 1 N–H and O–H groups in total. The summed E-state index contributed by atoms with van der Waals surface area (Å²) in [6, 6.07) is 11.6. The topological polar surface area (TPSA) is 21.3 Å². The van der Waals surface area contributed by atoms with Gasteiger partial charge in [-0.3, -0.25) is 0 Å². The molecule has 0 aromatic heterocycles. The Morgan fingerprint density at radius 2 is 1.89 bits per heavy atom. The Morgan fingerprint density at radius 3 is 2.67 bits per heavy atom. The highest BCUT2D eigenvalue weighted by atomic mass is 16.5. The van der Waals surface area contributed by atoms with E-state index in [9.17, 15) is 0 Å². The van der Waals surface area contributed by atoms with Crippen LogP contribution in [0.2, 0.25) is 0 Å². The molecule has 0 radical (unpaired) electrons. The molecule has 1 heterocycles. The zero-order valence-electron chi connectivity index (χ0n) is 11.0. The Kier molecular flexibility index (Phi) is 3.96. The summed E-state index contributed by atoms with van der Waals surface area (Å²) >= 11 is 0. The third kappa shape index (κ3) is 3.12. The fourth-order valence-electron chi connectivity index (χ4n) is 3.00. The number of hydrogen-bond donors (Lipinski definition) is 1. The zero-order chi connectivity index (χ0) is 12.2. The van der Waals surface area contributed by atoms with Gasteiger partial charge >= 0.3 is 0 Å². The van der Waals surface area contributed by atoms with Crippen molar-refractivity contribution in [2.75, 3.05) is 19.8 Å². The molecule has 0 unspecified atom stereocenters. The van der Waals surface area contributed by atoms with Crippen LogP contribution in [0.5, 0.6) is 0 Å². The van der Waals surface area contributed by atoms with E-state index in [1.807, 2.05) is 0 Å². The van der Waals surface area contributed by atoms with Gasteiger partial charge in [0.1, 0.15) is 0 Å². The molecule has 0 amide bonds. The number of hydrogen-bond acceptors (Lipinski definition) is 2. The van der Waals surface area contributed by atoms with Crippen molar-refractivity contribution in [1.82, 2.24) is 5.32 Å². The maximum absolute atomic E-state index is 5.39. The van der Waals surface area contributed by atoms with Crippen molar-refractivity contribution in [2.24, 2.45) is 5.92 Å². The first-order valence-electron chi connectivity index (χ1n) is 7.29. The summed E-state index contributed by atoms with van der Waals surface area (Å²) in [6.07, 6.45) is 5.15. The monoisotopic (exact) mass is 245 g/mol. The van der Waals surface area contributed by atoms with Crippen LogP contribution in [0.25, 0.3) is 0 Å². The van der Waals surface area contributed by atoms with E-state index in [1.54, 1.807) is 0 Å². The van der Waals surface area contributed by atoms with Gasteiger partial charge in [-0.15, -0.1) is 0 Å². The van der Waals surface area contributed by atoms with E-state index in [0.717, 1.165) is 31.1 Å². The Balaban J connectivity index is 1.36. The second-order valence-corrected chi connectivity index (χ2v) is 5.66. The lowest BCUT2D eigenvalue weighted by Crippen LogP contribution is -2.24. The van der Waals surface area contributed by atoms with Gasteiger partial charge in [-0.05, 0) is 43.7 Å². The number of benzene rings is 1. The molecule has 1 aliphatic carbocycles. The molecule has 98 valence electrons. The Labute approximate surface area is 110 Å². The molecule has 2 heteroatoms. The van der Waals surface area contributed by atoms with E-state index in [2.05, 4.69) is 35.6 Å². The fraction of sp³-hybridized carbons (Fsp3) is 0.625. The minimum atomic E-state index is 0.729. The molecule has 2 nitrogen and oxygen atoms in total. The lowest BCUT2D eigenvalue weighted by molar-refractivity contribution is 0.0639. The first-order chi connectivity index (χ1) is 8.93. The SMILES string of the molecule is c1ccc([C@@H]2C[C@H]2NCCC2CCOCC2)cc1. The van der Waals surface area contributed by atoms with Crippen LogP contribution in [0.3, 0.4) is 0 Å². The molecule has 18 heavy (non-hydrogen) atoms. The summed E-state index contributed by atoms with van der Waals surface area (Å²) < 4.78 is 5.39. The highest BCUT2D eigenvalue weighted by Crippen LogP contribution is 2.40. The molecule has 1 saturated heterocycles. The summed E-state index contributed by atoms with van der Waals surface area (Å²) in [5, 5.41) is 3.71. The average molecular weight is 245 g/mol. The van der Waals surface area contributed by atoms with Crippen molar-refractivity contribution in [3.05, 3.63) is 35.9 Å². The average Bonchev–Trinajstić information content (AvgIpc) is 3.21. The van der Waals surface area contributed by atoms with Crippen LogP contribution < -0.4 is 5.32 Å². The molecule has 1 aromatic rings.